The van der Waals surface area contributed by atoms with Crippen LogP contribution in [0.3, 0.4) is 0 Å². The molecule has 0 unspecified atom stereocenters. The van der Waals surface area contributed by atoms with Crippen LogP contribution in [0, 0.1) is 50.4 Å². The number of nitriles is 2. The molecule has 4 aromatic carbocycles. The Labute approximate surface area is 200 Å². The minimum Gasteiger partial charge on any atom is -0.457 e. The van der Waals surface area contributed by atoms with Gasteiger partial charge in [0.15, 0.2) is 0 Å². The quantitative estimate of drug-likeness (QED) is 0.314. The second-order valence-electron chi connectivity index (χ2n) is 8.35. The molecule has 0 N–H and O–H groups in total. The van der Waals surface area contributed by atoms with Gasteiger partial charge in [-0.1, -0.05) is 0 Å². The van der Waals surface area contributed by atoms with Gasteiger partial charge in [-0.25, -0.2) is 0 Å². The lowest BCUT2D eigenvalue weighted by atomic mass is 9.96. The molecule has 166 valence electrons. The molecule has 4 aromatic rings. The van der Waals surface area contributed by atoms with E-state index in [-0.39, 0.29) is 0 Å². The van der Waals surface area contributed by atoms with Crippen molar-refractivity contribution in [3.8, 4) is 46.3 Å². The molecule has 0 aliphatic carbocycles. The van der Waals surface area contributed by atoms with Crippen LogP contribution in [0.4, 0.5) is 0 Å². The lowest BCUT2D eigenvalue weighted by Gasteiger charge is -2.17. The van der Waals surface area contributed by atoms with Gasteiger partial charge >= 0.3 is 0 Å². The van der Waals surface area contributed by atoms with E-state index in [9.17, 15) is 0 Å². The van der Waals surface area contributed by atoms with Gasteiger partial charge in [0, 0.05) is 0 Å². The van der Waals surface area contributed by atoms with Crippen LogP contribution in [-0.2, 0) is 0 Å². The number of benzene rings is 4. The normalized spacial score (nSPS) is 10.3. The van der Waals surface area contributed by atoms with Crippen molar-refractivity contribution in [3.63, 3.8) is 0 Å². The molecule has 0 amide bonds. The molecule has 0 aromatic heterocycles. The maximum absolute atomic E-state index is 8.99. The number of ether oxygens (including phenoxy) is 2. The molecule has 0 radical (unpaired) electrons. The third-order valence-corrected chi connectivity index (χ3v) is 5.66. The summed E-state index contributed by atoms with van der Waals surface area (Å²) in [5.74, 6) is 3.05. The van der Waals surface area contributed by atoms with E-state index in [1.165, 1.54) is 0 Å². The molecular formula is C30H24N2O2. The molecule has 0 atom stereocenters. The average Bonchev–Trinajstić information content (AvgIpc) is 2.84. The highest BCUT2D eigenvalue weighted by atomic mass is 16.5. The number of rotatable bonds is 5. The first-order chi connectivity index (χ1) is 16.4. The van der Waals surface area contributed by atoms with Gasteiger partial charge in [0.25, 0.3) is 0 Å². The van der Waals surface area contributed by atoms with Crippen molar-refractivity contribution in [1.29, 1.82) is 10.5 Å². The van der Waals surface area contributed by atoms with Gasteiger partial charge in [0.05, 0.1) is 23.3 Å². The van der Waals surface area contributed by atoms with Crippen LogP contribution in [0.1, 0.15) is 33.4 Å². The predicted molar refractivity (Wildman–Crippen MR) is 133 cm³/mol. The number of hydrogen-bond acceptors (Lipinski definition) is 4. The molecule has 34 heavy (non-hydrogen) atoms. The minimum atomic E-state index is 0.605. The smallest absolute Gasteiger partial charge is 0.133 e. The topological polar surface area (TPSA) is 66.0 Å². The van der Waals surface area contributed by atoms with Crippen LogP contribution in [-0.4, -0.2) is 0 Å². The predicted octanol–water partition coefficient (Wildman–Crippen LogP) is 7.92. The van der Waals surface area contributed by atoms with Crippen LogP contribution >= 0.6 is 0 Å². The minimum absolute atomic E-state index is 0.605. The summed E-state index contributed by atoms with van der Waals surface area (Å²) >= 11 is 0. The van der Waals surface area contributed by atoms with Crippen molar-refractivity contribution >= 4 is 0 Å². The largest absolute Gasteiger partial charge is 0.457 e. The summed E-state index contributed by atoms with van der Waals surface area (Å²) in [7, 11) is 0. The number of hydrogen-bond donors (Lipinski definition) is 0. The maximum Gasteiger partial charge on any atom is 0.133 e. The molecule has 0 saturated carbocycles. The average molecular weight is 445 g/mol. The van der Waals surface area contributed by atoms with Crippen LogP contribution in [0.15, 0.2) is 72.8 Å². The van der Waals surface area contributed by atoms with Gasteiger partial charge in [0.1, 0.15) is 23.0 Å². The molecule has 4 nitrogen and oxygen atoms in total. The highest BCUT2D eigenvalue weighted by molar-refractivity contribution is 5.70. The van der Waals surface area contributed by atoms with Gasteiger partial charge in [0.2, 0.25) is 0 Å². The Bertz CT molecular complexity index is 1280. The van der Waals surface area contributed by atoms with E-state index >= 15 is 0 Å². The number of nitrogens with zero attached hydrogens (tertiary/aromatic N) is 2. The first kappa shape index (κ1) is 22.6. The summed E-state index contributed by atoms with van der Waals surface area (Å²) in [6.45, 7) is 8.16. The fourth-order valence-corrected chi connectivity index (χ4v) is 3.99. The first-order valence-corrected chi connectivity index (χ1v) is 11.0. The Kier molecular flexibility index (Phi) is 6.35. The molecule has 4 rings (SSSR count). The van der Waals surface area contributed by atoms with Crippen molar-refractivity contribution in [2.45, 2.75) is 27.7 Å². The Hall–Kier alpha value is -4.54. The fraction of sp³-hybridized carbons (Fsp3) is 0.133. The van der Waals surface area contributed by atoms with Crippen LogP contribution in [0.5, 0.6) is 23.0 Å². The molecule has 4 heteroatoms. The van der Waals surface area contributed by atoms with Gasteiger partial charge < -0.3 is 9.47 Å². The van der Waals surface area contributed by atoms with Crippen molar-refractivity contribution in [2.75, 3.05) is 0 Å². The third-order valence-electron chi connectivity index (χ3n) is 5.66. The molecular weight excluding hydrogens is 420 g/mol. The van der Waals surface area contributed by atoms with Gasteiger partial charge in [-0.05, 0) is 134 Å². The van der Waals surface area contributed by atoms with Crippen LogP contribution in [0.25, 0.3) is 11.1 Å². The zero-order valence-electron chi connectivity index (χ0n) is 19.6. The molecule has 0 aliphatic rings. The second kappa shape index (κ2) is 9.53. The second-order valence-corrected chi connectivity index (χ2v) is 8.35. The summed E-state index contributed by atoms with van der Waals surface area (Å²) in [6.07, 6.45) is 0. The molecule has 0 heterocycles. The van der Waals surface area contributed by atoms with E-state index in [1.54, 1.807) is 24.3 Å². The Balaban J connectivity index is 1.61. The molecule has 0 saturated heterocycles. The lowest BCUT2D eigenvalue weighted by molar-refractivity contribution is 0.474. The monoisotopic (exact) mass is 444 g/mol. The maximum atomic E-state index is 8.99. The van der Waals surface area contributed by atoms with E-state index < -0.39 is 0 Å². The van der Waals surface area contributed by atoms with E-state index in [0.29, 0.717) is 22.6 Å². The van der Waals surface area contributed by atoms with E-state index in [4.69, 9.17) is 20.0 Å². The first-order valence-electron chi connectivity index (χ1n) is 11.0. The zero-order chi connectivity index (χ0) is 24.2. The van der Waals surface area contributed by atoms with Gasteiger partial charge in [-0.2, -0.15) is 10.5 Å². The Morgan fingerprint density at radius 3 is 1.06 bits per heavy atom. The molecule has 0 fully saturated rings. The molecule has 0 spiro atoms. The van der Waals surface area contributed by atoms with Crippen molar-refractivity contribution in [3.05, 3.63) is 106 Å². The summed E-state index contributed by atoms with van der Waals surface area (Å²) in [5.41, 5.74) is 7.57. The number of aryl methyl sites for hydroxylation is 4. The standard InChI is InChI=1S/C30H24N2O2/c1-19-13-25(14-20(2)29(19)33-27-9-5-23(17-31)6-10-27)26-15-21(3)30(22(4)16-26)34-28-11-7-24(18-32)8-12-28/h5-16H,1-4H3. The van der Waals surface area contributed by atoms with Gasteiger partial charge in [-0.3, -0.25) is 0 Å². The third kappa shape index (κ3) is 4.77. The highest BCUT2D eigenvalue weighted by Crippen LogP contribution is 2.37. The molecule has 0 bridgehead atoms. The van der Waals surface area contributed by atoms with Crippen molar-refractivity contribution in [1.82, 2.24) is 0 Å². The van der Waals surface area contributed by atoms with Gasteiger partial charge in [-0.15, -0.1) is 0 Å². The Morgan fingerprint density at radius 1 is 0.500 bits per heavy atom. The van der Waals surface area contributed by atoms with E-state index in [0.717, 1.165) is 44.9 Å². The molecule has 0 aliphatic heterocycles. The summed E-state index contributed by atoms with van der Waals surface area (Å²) < 4.78 is 12.3. The summed E-state index contributed by atoms with van der Waals surface area (Å²) in [4.78, 5) is 0. The lowest BCUT2D eigenvalue weighted by Crippen LogP contribution is -1.95. The zero-order valence-corrected chi connectivity index (χ0v) is 19.6. The van der Waals surface area contributed by atoms with E-state index in [2.05, 4.69) is 36.4 Å². The van der Waals surface area contributed by atoms with Crippen molar-refractivity contribution in [2.24, 2.45) is 0 Å². The van der Waals surface area contributed by atoms with Crippen LogP contribution in [0.2, 0.25) is 0 Å². The van der Waals surface area contributed by atoms with E-state index in [1.807, 2.05) is 52.0 Å². The fourth-order valence-electron chi connectivity index (χ4n) is 3.99. The van der Waals surface area contributed by atoms with Crippen LogP contribution < -0.4 is 9.47 Å². The summed E-state index contributed by atoms with van der Waals surface area (Å²) in [5, 5.41) is 18.0. The Morgan fingerprint density at radius 2 is 0.794 bits per heavy atom. The highest BCUT2D eigenvalue weighted by Gasteiger charge is 2.13. The SMILES string of the molecule is Cc1cc(-c2cc(C)c(Oc3ccc(C#N)cc3)c(C)c2)cc(C)c1Oc1ccc(C#N)cc1. The summed E-state index contributed by atoms with van der Waals surface area (Å²) in [6, 6.07) is 27.0. The van der Waals surface area contributed by atoms with Crippen molar-refractivity contribution < 1.29 is 9.47 Å².